The van der Waals surface area contributed by atoms with Gasteiger partial charge in [-0.05, 0) is 13.3 Å². The van der Waals surface area contributed by atoms with Crippen molar-refractivity contribution in [2.75, 3.05) is 27.9 Å². The van der Waals surface area contributed by atoms with Crippen molar-refractivity contribution in [3.8, 4) is 0 Å². The molecule has 0 amide bonds. The van der Waals surface area contributed by atoms with E-state index in [4.69, 9.17) is 18.0 Å². The molecule has 0 rings (SSSR count). The average Bonchev–Trinajstić information content (AvgIpc) is 2.48. The Labute approximate surface area is 124 Å². The lowest BCUT2D eigenvalue weighted by Crippen LogP contribution is -2.42. The predicted molar refractivity (Wildman–Crippen MR) is 82.6 cm³/mol. The molecule has 0 heterocycles. The monoisotopic (exact) mass is 306 g/mol. The zero-order valence-corrected chi connectivity index (χ0v) is 14.8. The minimum Gasteiger partial charge on any atom is -0.462 e. The van der Waals surface area contributed by atoms with E-state index in [1.807, 2.05) is 0 Å². The van der Waals surface area contributed by atoms with Crippen LogP contribution >= 0.6 is 0 Å². The first kappa shape index (κ1) is 21.6. The molecule has 0 aliphatic carbocycles. The number of hydrogen-bond acceptors (Lipinski definition) is 5. The smallest absolute Gasteiger partial charge is 0.462 e. The van der Waals surface area contributed by atoms with Crippen molar-refractivity contribution >= 4 is 14.8 Å². The maximum atomic E-state index is 11.1. The Bertz CT molecular complexity index is 254. The van der Waals surface area contributed by atoms with Crippen LogP contribution in [0.1, 0.15) is 40.0 Å². The van der Waals surface area contributed by atoms with Crippen LogP contribution in [0.25, 0.3) is 0 Å². The highest BCUT2D eigenvalue weighted by Crippen LogP contribution is 2.14. The summed E-state index contributed by atoms with van der Waals surface area (Å²) in [5.41, 5.74) is 0.397. The molecule has 0 saturated heterocycles. The van der Waals surface area contributed by atoms with E-state index in [0.717, 1.165) is 0 Å². The van der Waals surface area contributed by atoms with Gasteiger partial charge in [0, 0.05) is 32.9 Å². The lowest BCUT2D eigenvalue weighted by atomic mass is 10.4. The molecule has 0 aromatic rings. The summed E-state index contributed by atoms with van der Waals surface area (Å²) in [5.74, 6) is -0.375. The van der Waals surface area contributed by atoms with Crippen LogP contribution in [-0.4, -0.2) is 42.7 Å². The van der Waals surface area contributed by atoms with Gasteiger partial charge in [0.15, 0.2) is 0 Å². The second-order valence-corrected chi connectivity index (χ2v) is 7.41. The first-order valence-corrected chi connectivity index (χ1v) is 8.84. The minimum atomic E-state index is -2.53. The van der Waals surface area contributed by atoms with Crippen LogP contribution in [0, 0.1) is 0 Å². The molecule has 0 aromatic carbocycles. The molecule has 20 heavy (non-hydrogen) atoms. The van der Waals surface area contributed by atoms with E-state index >= 15 is 0 Å². The van der Waals surface area contributed by atoms with E-state index < -0.39 is 8.80 Å². The van der Waals surface area contributed by atoms with Gasteiger partial charge < -0.3 is 18.0 Å². The summed E-state index contributed by atoms with van der Waals surface area (Å²) in [6.07, 6.45) is 3.28. The third-order valence-corrected chi connectivity index (χ3v) is 5.47. The molecule has 5 nitrogen and oxygen atoms in total. The Hall–Kier alpha value is -0.693. The van der Waals surface area contributed by atoms with Crippen LogP contribution in [0.15, 0.2) is 12.2 Å². The molecule has 0 spiro atoms. The molecule has 0 N–H and O–H groups in total. The Morgan fingerprint density at radius 3 is 1.80 bits per heavy atom. The number of rotatable bonds is 9. The summed E-state index contributed by atoms with van der Waals surface area (Å²) in [5, 5.41) is 0. The maximum Gasteiger partial charge on any atom is 0.500 e. The van der Waals surface area contributed by atoms with E-state index in [-0.39, 0.29) is 5.97 Å². The standard InChI is InChI=1S/C10H20O5Si.C4H10/c1-9(2)10(11)15-7-6-8-16(12-3,13-4)14-5;1-3-4-2/h1,6-8H2,2-5H3;3-4H2,1-2H3. The predicted octanol–water partition coefficient (Wildman–Crippen LogP) is 3.18. The molecule has 0 saturated carbocycles. The quantitative estimate of drug-likeness (QED) is 0.283. The van der Waals surface area contributed by atoms with Gasteiger partial charge in [-0.25, -0.2) is 4.79 Å². The van der Waals surface area contributed by atoms with Gasteiger partial charge in [-0.3, -0.25) is 0 Å². The van der Waals surface area contributed by atoms with E-state index in [1.165, 1.54) is 12.8 Å². The normalized spacial score (nSPS) is 10.5. The van der Waals surface area contributed by atoms with E-state index in [1.54, 1.807) is 28.3 Å². The van der Waals surface area contributed by atoms with Gasteiger partial charge in [0.05, 0.1) is 6.61 Å². The van der Waals surface area contributed by atoms with Crippen LogP contribution in [0.4, 0.5) is 0 Å². The van der Waals surface area contributed by atoms with E-state index in [0.29, 0.717) is 24.6 Å². The van der Waals surface area contributed by atoms with Gasteiger partial charge in [0.1, 0.15) is 0 Å². The second kappa shape index (κ2) is 13.3. The van der Waals surface area contributed by atoms with Gasteiger partial charge in [0.25, 0.3) is 0 Å². The molecule has 120 valence electrons. The van der Waals surface area contributed by atoms with Gasteiger partial charge in [0.2, 0.25) is 0 Å². The molecule has 0 aliphatic rings. The zero-order chi connectivity index (χ0) is 16.0. The maximum absolute atomic E-state index is 11.1. The molecule has 6 heteroatoms. The van der Waals surface area contributed by atoms with Gasteiger partial charge in [-0.2, -0.15) is 0 Å². The Kier molecular flexibility index (Phi) is 14.4. The van der Waals surface area contributed by atoms with Crippen molar-refractivity contribution < 1.29 is 22.8 Å². The summed E-state index contributed by atoms with van der Waals surface area (Å²) >= 11 is 0. The first-order chi connectivity index (χ1) is 9.42. The zero-order valence-electron chi connectivity index (χ0n) is 13.8. The summed E-state index contributed by atoms with van der Waals surface area (Å²) in [6.45, 7) is 9.78. The highest BCUT2D eigenvalue weighted by molar-refractivity contribution is 6.60. The number of unbranched alkanes of at least 4 members (excludes halogenated alkanes) is 1. The Morgan fingerprint density at radius 1 is 1.05 bits per heavy atom. The number of carbonyl (C=O) groups excluding carboxylic acids is 1. The van der Waals surface area contributed by atoms with Gasteiger partial charge >= 0.3 is 14.8 Å². The molecular formula is C14H30O5Si. The number of hydrogen-bond donors (Lipinski definition) is 0. The molecule has 0 atom stereocenters. The van der Waals surface area contributed by atoms with Crippen molar-refractivity contribution in [3.63, 3.8) is 0 Å². The SMILES string of the molecule is C=C(C)C(=O)OCCC[Si](OC)(OC)OC.CCCC. The van der Waals surface area contributed by atoms with Crippen LogP contribution in [-0.2, 0) is 22.8 Å². The van der Waals surface area contributed by atoms with Crippen molar-refractivity contribution in [3.05, 3.63) is 12.2 Å². The van der Waals surface area contributed by atoms with Gasteiger partial charge in [-0.15, -0.1) is 0 Å². The largest absolute Gasteiger partial charge is 0.500 e. The summed E-state index contributed by atoms with van der Waals surface area (Å²) < 4.78 is 20.6. The number of carbonyl (C=O) groups is 1. The molecule has 0 radical (unpaired) electrons. The van der Waals surface area contributed by atoms with Crippen LogP contribution in [0.3, 0.4) is 0 Å². The second-order valence-electron chi connectivity index (χ2n) is 4.32. The minimum absolute atomic E-state index is 0.316. The molecule has 0 aromatic heterocycles. The van der Waals surface area contributed by atoms with Crippen molar-refractivity contribution in [2.45, 2.75) is 46.1 Å². The first-order valence-electron chi connectivity index (χ1n) is 6.91. The molecular weight excluding hydrogens is 276 g/mol. The van der Waals surface area contributed by atoms with Crippen LogP contribution in [0.5, 0.6) is 0 Å². The lowest BCUT2D eigenvalue weighted by molar-refractivity contribution is -0.139. The van der Waals surface area contributed by atoms with E-state index in [2.05, 4.69) is 20.4 Å². The average molecular weight is 306 g/mol. The van der Waals surface area contributed by atoms with Crippen LogP contribution < -0.4 is 0 Å². The molecule has 0 aliphatic heterocycles. The number of ether oxygens (including phenoxy) is 1. The highest BCUT2D eigenvalue weighted by Gasteiger charge is 2.36. The summed E-state index contributed by atoms with van der Waals surface area (Å²) in [4.78, 5) is 11.1. The third-order valence-electron chi connectivity index (χ3n) is 2.64. The fraction of sp³-hybridized carbons (Fsp3) is 0.786. The Balaban J connectivity index is 0. The van der Waals surface area contributed by atoms with Crippen molar-refractivity contribution in [1.82, 2.24) is 0 Å². The fourth-order valence-electron chi connectivity index (χ4n) is 1.13. The third kappa shape index (κ3) is 10.1. The molecule has 0 fully saturated rings. The Morgan fingerprint density at radius 2 is 1.50 bits per heavy atom. The molecule has 0 bridgehead atoms. The van der Waals surface area contributed by atoms with Crippen LogP contribution in [0.2, 0.25) is 6.04 Å². The molecule has 0 unspecified atom stereocenters. The summed E-state index contributed by atoms with van der Waals surface area (Å²) in [7, 11) is 2.13. The topological polar surface area (TPSA) is 54.0 Å². The van der Waals surface area contributed by atoms with Crippen molar-refractivity contribution in [2.24, 2.45) is 0 Å². The fourth-order valence-corrected chi connectivity index (χ4v) is 2.82. The lowest BCUT2D eigenvalue weighted by Gasteiger charge is -2.24. The van der Waals surface area contributed by atoms with Crippen molar-refractivity contribution in [1.29, 1.82) is 0 Å². The van der Waals surface area contributed by atoms with E-state index in [9.17, 15) is 4.79 Å². The highest BCUT2D eigenvalue weighted by atomic mass is 28.4. The van der Waals surface area contributed by atoms with Gasteiger partial charge in [-0.1, -0.05) is 33.3 Å². The summed E-state index contributed by atoms with van der Waals surface area (Å²) in [6, 6.07) is 0.611. The number of esters is 1.